The highest BCUT2D eigenvalue weighted by Gasteiger charge is 2.29. The van der Waals surface area contributed by atoms with E-state index in [9.17, 15) is 0 Å². The summed E-state index contributed by atoms with van der Waals surface area (Å²) < 4.78 is 4.10. The lowest BCUT2D eigenvalue weighted by Crippen LogP contribution is -2.35. The fourth-order valence-electron chi connectivity index (χ4n) is 2.67. The third-order valence-electron chi connectivity index (χ3n) is 4.22. The van der Waals surface area contributed by atoms with Crippen LogP contribution in [0.15, 0.2) is 12.4 Å². The number of rotatable bonds is 3. The van der Waals surface area contributed by atoms with E-state index in [-0.39, 0.29) is 6.04 Å². The molecule has 0 aliphatic carbocycles. The molecule has 2 atom stereocenters. The third-order valence-corrected chi connectivity index (χ3v) is 4.22. The Kier molecular flexibility index (Phi) is 3.33. The monoisotopic (exact) mass is 274 g/mol. The Morgan fingerprint density at radius 3 is 2.75 bits per heavy atom. The summed E-state index contributed by atoms with van der Waals surface area (Å²) in [4.78, 5) is 0. The summed E-state index contributed by atoms with van der Waals surface area (Å²) in [6.07, 6.45) is 3.93. The Hall–Kier alpha value is -1.69. The molecule has 3 rings (SSSR count). The van der Waals surface area contributed by atoms with Crippen LogP contribution in [-0.2, 0) is 13.6 Å². The second-order valence-electron chi connectivity index (χ2n) is 5.94. The summed E-state index contributed by atoms with van der Waals surface area (Å²) in [6, 6.07) is 0.0954. The van der Waals surface area contributed by atoms with Crippen LogP contribution in [0.4, 0.5) is 0 Å². The molecule has 1 aliphatic heterocycles. The zero-order valence-electron chi connectivity index (χ0n) is 12.5. The predicted molar refractivity (Wildman–Crippen MR) is 76.3 cm³/mol. The molecule has 6 nitrogen and oxygen atoms in total. The number of hydrogen-bond acceptors (Lipinski definition) is 4. The second-order valence-corrected chi connectivity index (χ2v) is 5.94. The van der Waals surface area contributed by atoms with Gasteiger partial charge < -0.3 is 9.88 Å². The molecular formula is C14H22N6. The minimum Gasteiger partial charge on any atom is -0.312 e. The maximum atomic E-state index is 4.45. The fraction of sp³-hybridized carbons (Fsp3) is 0.643. The average molecular weight is 274 g/mol. The highest BCUT2D eigenvalue weighted by molar-refractivity contribution is 5.22. The summed E-state index contributed by atoms with van der Waals surface area (Å²) >= 11 is 0. The van der Waals surface area contributed by atoms with Gasteiger partial charge in [0.05, 0.1) is 12.2 Å². The standard InChI is InChI=1S/C14H22N6/c1-9(2)10(3)13-17-18-14-12(15-5-6-20(13)14)11-7-16-19(4)8-11/h7-10,12,15H,5-6H2,1-4H3. The van der Waals surface area contributed by atoms with Crippen LogP contribution in [-0.4, -0.2) is 31.1 Å². The Labute approximate surface area is 119 Å². The van der Waals surface area contributed by atoms with E-state index in [1.807, 2.05) is 24.1 Å². The lowest BCUT2D eigenvalue weighted by atomic mass is 9.97. The molecule has 1 N–H and O–H groups in total. The smallest absolute Gasteiger partial charge is 0.154 e. The molecule has 1 aliphatic rings. The summed E-state index contributed by atoms with van der Waals surface area (Å²) in [5.41, 5.74) is 1.14. The molecule has 2 aromatic rings. The van der Waals surface area contributed by atoms with Crippen LogP contribution in [0.3, 0.4) is 0 Å². The molecule has 0 radical (unpaired) electrons. The molecule has 0 bridgehead atoms. The molecule has 0 saturated heterocycles. The molecule has 20 heavy (non-hydrogen) atoms. The fourth-order valence-corrected chi connectivity index (χ4v) is 2.67. The molecule has 2 aromatic heterocycles. The van der Waals surface area contributed by atoms with Gasteiger partial charge in [-0.05, 0) is 5.92 Å². The van der Waals surface area contributed by atoms with Gasteiger partial charge in [0, 0.05) is 37.8 Å². The maximum absolute atomic E-state index is 4.45. The van der Waals surface area contributed by atoms with Crippen molar-refractivity contribution in [2.24, 2.45) is 13.0 Å². The first-order valence-electron chi connectivity index (χ1n) is 7.23. The highest BCUT2D eigenvalue weighted by Crippen LogP contribution is 2.28. The maximum Gasteiger partial charge on any atom is 0.154 e. The molecule has 0 spiro atoms. The van der Waals surface area contributed by atoms with E-state index in [1.165, 1.54) is 0 Å². The van der Waals surface area contributed by atoms with Gasteiger partial charge >= 0.3 is 0 Å². The molecule has 0 fully saturated rings. The van der Waals surface area contributed by atoms with Crippen LogP contribution < -0.4 is 5.32 Å². The van der Waals surface area contributed by atoms with E-state index in [0.29, 0.717) is 11.8 Å². The topological polar surface area (TPSA) is 60.6 Å². The lowest BCUT2D eigenvalue weighted by molar-refractivity contribution is 0.421. The summed E-state index contributed by atoms with van der Waals surface area (Å²) in [5.74, 6) is 3.09. The quantitative estimate of drug-likeness (QED) is 0.920. The minimum atomic E-state index is 0.0954. The Morgan fingerprint density at radius 2 is 2.10 bits per heavy atom. The van der Waals surface area contributed by atoms with Crippen molar-refractivity contribution in [3.8, 4) is 0 Å². The van der Waals surface area contributed by atoms with Crippen molar-refractivity contribution in [1.29, 1.82) is 0 Å². The van der Waals surface area contributed by atoms with Crippen LogP contribution in [0.25, 0.3) is 0 Å². The van der Waals surface area contributed by atoms with Crippen molar-refractivity contribution in [3.05, 3.63) is 29.6 Å². The Bertz CT molecular complexity index is 597. The van der Waals surface area contributed by atoms with Crippen LogP contribution in [0.2, 0.25) is 0 Å². The van der Waals surface area contributed by atoms with Gasteiger partial charge in [-0.1, -0.05) is 20.8 Å². The zero-order valence-corrected chi connectivity index (χ0v) is 12.5. The van der Waals surface area contributed by atoms with E-state index in [2.05, 4.69) is 46.0 Å². The first-order chi connectivity index (χ1) is 9.58. The van der Waals surface area contributed by atoms with Crippen molar-refractivity contribution in [3.63, 3.8) is 0 Å². The molecular weight excluding hydrogens is 252 g/mol. The first-order valence-corrected chi connectivity index (χ1v) is 7.23. The van der Waals surface area contributed by atoms with Gasteiger partial charge in [-0.3, -0.25) is 4.68 Å². The number of aryl methyl sites for hydroxylation is 1. The van der Waals surface area contributed by atoms with E-state index in [0.717, 1.165) is 30.3 Å². The van der Waals surface area contributed by atoms with Gasteiger partial charge in [-0.15, -0.1) is 10.2 Å². The first kappa shape index (κ1) is 13.3. The van der Waals surface area contributed by atoms with Gasteiger partial charge in [-0.2, -0.15) is 5.10 Å². The Balaban J connectivity index is 1.98. The van der Waals surface area contributed by atoms with E-state index in [4.69, 9.17) is 0 Å². The SMILES string of the molecule is CC(C)C(C)c1nnc2n1CCNC2c1cnn(C)c1. The zero-order chi connectivity index (χ0) is 14.3. The molecule has 0 aromatic carbocycles. The third kappa shape index (κ3) is 2.14. The normalized spacial score (nSPS) is 20.1. The average Bonchev–Trinajstić information content (AvgIpc) is 3.03. The van der Waals surface area contributed by atoms with Crippen LogP contribution in [0.5, 0.6) is 0 Å². The van der Waals surface area contributed by atoms with Crippen LogP contribution >= 0.6 is 0 Å². The van der Waals surface area contributed by atoms with Gasteiger partial charge in [-0.25, -0.2) is 0 Å². The molecule has 3 heterocycles. The van der Waals surface area contributed by atoms with E-state index < -0.39 is 0 Å². The van der Waals surface area contributed by atoms with Crippen molar-refractivity contribution in [2.45, 2.75) is 39.3 Å². The Morgan fingerprint density at radius 1 is 1.30 bits per heavy atom. The van der Waals surface area contributed by atoms with Crippen molar-refractivity contribution >= 4 is 0 Å². The minimum absolute atomic E-state index is 0.0954. The molecule has 108 valence electrons. The summed E-state index contributed by atoms with van der Waals surface area (Å²) in [5, 5.41) is 16.7. The van der Waals surface area contributed by atoms with Crippen molar-refractivity contribution < 1.29 is 0 Å². The largest absolute Gasteiger partial charge is 0.312 e. The van der Waals surface area contributed by atoms with Crippen molar-refractivity contribution in [2.75, 3.05) is 6.54 Å². The second kappa shape index (κ2) is 5.01. The van der Waals surface area contributed by atoms with Crippen molar-refractivity contribution in [1.82, 2.24) is 29.9 Å². The number of nitrogens with one attached hydrogen (secondary N) is 1. The van der Waals surface area contributed by atoms with Crippen LogP contribution in [0, 0.1) is 5.92 Å². The molecule has 2 unspecified atom stereocenters. The number of fused-ring (bicyclic) bond motifs is 1. The predicted octanol–water partition coefficient (Wildman–Crippen LogP) is 1.46. The number of hydrogen-bond donors (Lipinski definition) is 1. The van der Waals surface area contributed by atoms with Gasteiger partial charge in [0.25, 0.3) is 0 Å². The summed E-state index contributed by atoms with van der Waals surface area (Å²) in [6.45, 7) is 8.55. The summed E-state index contributed by atoms with van der Waals surface area (Å²) in [7, 11) is 1.93. The lowest BCUT2D eigenvalue weighted by Gasteiger charge is -2.26. The molecule has 6 heteroatoms. The highest BCUT2D eigenvalue weighted by atomic mass is 15.3. The van der Waals surface area contributed by atoms with E-state index in [1.54, 1.807) is 0 Å². The van der Waals surface area contributed by atoms with Gasteiger partial charge in [0.15, 0.2) is 5.82 Å². The number of nitrogens with zero attached hydrogens (tertiary/aromatic N) is 5. The van der Waals surface area contributed by atoms with E-state index >= 15 is 0 Å². The van der Waals surface area contributed by atoms with Gasteiger partial charge in [0.1, 0.15) is 5.82 Å². The van der Waals surface area contributed by atoms with Crippen LogP contribution in [0.1, 0.15) is 49.9 Å². The van der Waals surface area contributed by atoms with Gasteiger partial charge in [0.2, 0.25) is 0 Å². The molecule has 0 amide bonds. The number of aromatic nitrogens is 5. The molecule has 0 saturated carbocycles.